The molecule has 0 aromatic heterocycles. The molecule has 0 aromatic rings. The van der Waals surface area contributed by atoms with E-state index in [1.807, 2.05) is 6.08 Å². The van der Waals surface area contributed by atoms with Crippen LogP contribution in [0.2, 0.25) is 0 Å². The van der Waals surface area contributed by atoms with Gasteiger partial charge < -0.3 is 0 Å². The highest BCUT2D eigenvalue weighted by Crippen LogP contribution is 2.53. The molecule has 2 amide bonds. The predicted octanol–water partition coefficient (Wildman–Crippen LogP) is 2.93. The summed E-state index contributed by atoms with van der Waals surface area (Å²) in [5.41, 5.74) is 0. The highest BCUT2D eigenvalue weighted by Gasteiger charge is 2.60. The van der Waals surface area contributed by atoms with Gasteiger partial charge in [-0.05, 0) is 37.0 Å². The van der Waals surface area contributed by atoms with Crippen molar-refractivity contribution in [1.82, 2.24) is 4.90 Å². The molecule has 0 N–H and O–H groups in total. The minimum atomic E-state index is -0.0738. The molecule has 0 radical (unpaired) electrons. The van der Waals surface area contributed by atoms with Gasteiger partial charge in [-0.3, -0.25) is 14.5 Å². The molecule has 112 valence electrons. The summed E-state index contributed by atoms with van der Waals surface area (Å²) in [6.07, 6.45) is 13.1. The van der Waals surface area contributed by atoms with Crippen LogP contribution in [0.25, 0.3) is 0 Å². The minimum absolute atomic E-state index is 0.0708. The first kappa shape index (κ1) is 13.3. The lowest BCUT2D eigenvalue weighted by molar-refractivity contribution is -0.143. The molecule has 0 aromatic carbocycles. The molecule has 4 aliphatic rings. The molecule has 21 heavy (non-hydrogen) atoms. The molecule has 3 fully saturated rings. The third-order valence-electron chi connectivity index (χ3n) is 6.18. The first-order chi connectivity index (χ1) is 10.2. The SMILES string of the molecule is C=CC(C1CCCCC1)N1C(=O)C2C3C=CC(C3)C2C1=O. The molecular formula is C18H23NO2. The number of carbonyl (C=O) groups is 2. The summed E-state index contributed by atoms with van der Waals surface area (Å²) in [5.74, 6) is 1.05. The Labute approximate surface area is 126 Å². The third-order valence-corrected chi connectivity index (χ3v) is 6.18. The van der Waals surface area contributed by atoms with Crippen molar-refractivity contribution >= 4 is 11.8 Å². The lowest BCUT2D eigenvalue weighted by Gasteiger charge is -2.34. The Hall–Kier alpha value is -1.38. The van der Waals surface area contributed by atoms with Gasteiger partial charge in [-0.2, -0.15) is 0 Å². The lowest BCUT2D eigenvalue weighted by Crippen LogP contribution is -2.45. The summed E-state index contributed by atoms with van der Waals surface area (Å²) in [7, 11) is 0. The van der Waals surface area contributed by atoms with E-state index < -0.39 is 0 Å². The standard InChI is InChI=1S/C18H23NO2/c1-2-14(11-6-4-3-5-7-11)19-17(20)15-12-8-9-13(10-12)16(15)18(19)21/h2,8-9,11-16H,1,3-7,10H2. The van der Waals surface area contributed by atoms with Crippen LogP contribution in [0.3, 0.4) is 0 Å². The number of nitrogens with zero attached hydrogens (tertiary/aromatic N) is 1. The molecular weight excluding hydrogens is 262 g/mol. The number of hydrogen-bond donors (Lipinski definition) is 0. The quantitative estimate of drug-likeness (QED) is 0.590. The largest absolute Gasteiger partial charge is 0.275 e. The number of hydrogen-bond acceptors (Lipinski definition) is 2. The highest BCUT2D eigenvalue weighted by molar-refractivity contribution is 6.06. The Morgan fingerprint density at radius 2 is 1.62 bits per heavy atom. The van der Waals surface area contributed by atoms with Crippen molar-refractivity contribution in [2.24, 2.45) is 29.6 Å². The molecule has 4 rings (SSSR count). The summed E-state index contributed by atoms with van der Waals surface area (Å²) in [4.78, 5) is 27.3. The zero-order valence-corrected chi connectivity index (χ0v) is 12.4. The molecule has 5 atom stereocenters. The molecule has 1 heterocycles. The zero-order chi connectivity index (χ0) is 14.6. The van der Waals surface area contributed by atoms with Gasteiger partial charge in [0, 0.05) is 0 Å². The molecule has 2 saturated carbocycles. The summed E-state index contributed by atoms with van der Waals surface area (Å²) < 4.78 is 0. The third kappa shape index (κ3) is 1.79. The van der Waals surface area contributed by atoms with Crippen LogP contribution in [0.15, 0.2) is 24.8 Å². The van der Waals surface area contributed by atoms with Crippen LogP contribution in [0.4, 0.5) is 0 Å². The Morgan fingerprint density at radius 1 is 1.05 bits per heavy atom. The average Bonchev–Trinajstić information content (AvgIpc) is 3.18. The topological polar surface area (TPSA) is 37.4 Å². The van der Waals surface area contributed by atoms with Gasteiger partial charge in [0.2, 0.25) is 11.8 Å². The van der Waals surface area contributed by atoms with Gasteiger partial charge in [0.1, 0.15) is 0 Å². The first-order valence-electron chi connectivity index (χ1n) is 8.40. The van der Waals surface area contributed by atoms with Crippen molar-refractivity contribution in [1.29, 1.82) is 0 Å². The van der Waals surface area contributed by atoms with E-state index in [2.05, 4.69) is 18.7 Å². The van der Waals surface area contributed by atoms with Gasteiger partial charge in [0.15, 0.2) is 0 Å². The molecule has 1 aliphatic heterocycles. The van der Waals surface area contributed by atoms with Crippen LogP contribution in [-0.2, 0) is 9.59 Å². The van der Waals surface area contributed by atoms with Gasteiger partial charge in [-0.15, -0.1) is 6.58 Å². The van der Waals surface area contributed by atoms with E-state index in [1.54, 1.807) is 4.90 Å². The summed E-state index contributed by atoms with van der Waals surface area (Å²) in [6, 6.07) is -0.0738. The van der Waals surface area contributed by atoms with Gasteiger partial charge in [0.25, 0.3) is 0 Å². The van der Waals surface area contributed by atoms with Crippen LogP contribution >= 0.6 is 0 Å². The van der Waals surface area contributed by atoms with Crippen LogP contribution < -0.4 is 0 Å². The number of rotatable bonds is 3. The van der Waals surface area contributed by atoms with Gasteiger partial charge in [0.05, 0.1) is 17.9 Å². The second-order valence-corrected chi connectivity index (χ2v) is 7.17. The van der Waals surface area contributed by atoms with Crippen molar-refractivity contribution in [3.8, 4) is 0 Å². The molecule has 1 saturated heterocycles. The van der Waals surface area contributed by atoms with Gasteiger partial charge in [-0.1, -0.05) is 37.5 Å². The monoisotopic (exact) mass is 285 g/mol. The van der Waals surface area contributed by atoms with E-state index in [0.717, 1.165) is 19.3 Å². The van der Waals surface area contributed by atoms with E-state index in [0.29, 0.717) is 17.8 Å². The number of allylic oxidation sites excluding steroid dienone is 2. The van der Waals surface area contributed by atoms with Crippen LogP contribution in [-0.4, -0.2) is 22.8 Å². The average molecular weight is 285 g/mol. The molecule has 0 spiro atoms. The number of likely N-dealkylation sites (tertiary alicyclic amines) is 1. The second kappa shape index (κ2) is 4.82. The summed E-state index contributed by atoms with van der Waals surface area (Å²) in [6.45, 7) is 3.94. The van der Waals surface area contributed by atoms with Crippen molar-refractivity contribution in [3.05, 3.63) is 24.8 Å². The van der Waals surface area contributed by atoms with Crippen LogP contribution in [0.5, 0.6) is 0 Å². The number of carbonyl (C=O) groups excluding carboxylic acids is 2. The molecule has 3 aliphatic carbocycles. The fourth-order valence-corrected chi connectivity index (χ4v) is 5.20. The van der Waals surface area contributed by atoms with Crippen LogP contribution in [0, 0.1) is 29.6 Å². The minimum Gasteiger partial charge on any atom is -0.275 e. The molecule has 3 heteroatoms. The fraction of sp³-hybridized carbons (Fsp3) is 0.667. The van der Waals surface area contributed by atoms with E-state index in [-0.39, 0.29) is 29.7 Å². The molecule has 5 unspecified atom stereocenters. The Morgan fingerprint density at radius 3 is 2.14 bits per heavy atom. The maximum absolute atomic E-state index is 12.9. The smallest absolute Gasteiger partial charge is 0.234 e. The Kier molecular flexibility index (Phi) is 3.05. The second-order valence-electron chi connectivity index (χ2n) is 7.17. The number of fused-ring (bicyclic) bond motifs is 5. The van der Waals surface area contributed by atoms with Crippen molar-refractivity contribution < 1.29 is 9.59 Å². The van der Waals surface area contributed by atoms with E-state index >= 15 is 0 Å². The lowest BCUT2D eigenvalue weighted by atomic mass is 9.83. The molecule has 2 bridgehead atoms. The van der Waals surface area contributed by atoms with E-state index in [1.165, 1.54) is 19.3 Å². The Bertz CT molecular complexity index is 487. The number of amides is 2. The predicted molar refractivity (Wildman–Crippen MR) is 80.1 cm³/mol. The maximum Gasteiger partial charge on any atom is 0.234 e. The first-order valence-corrected chi connectivity index (χ1v) is 8.40. The zero-order valence-electron chi connectivity index (χ0n) is 12.4. The van der Waals surface area contributed by atoms with Crippen molar-refractivity contribution in [2.75, 3.05) is 0 Å². The summed E-state index contributed by atoms with van der Waals surface area (Å²) in [5, 5.41) is 0. The van der Waals surface area contributed by atoms with Crippen LogP contribution in [0.1, 0.15) is 38.5 Å². The van der Waals surface area contributed by atoms with Crippen molar-refractivity contribution in [2.45, 2.75) is 44.6 Å². The fourth-order valence-electron chi connectivity index (χ4n) is 5.20. The molecule has 3 nitrogen and oxygen atoms in total. The Balaban J connectivity index is 1.61. The highest BCUT2D eigenvalue weighted by atomic mass is 16.2. The van der Waals surface area contributed by atoms with E-state index in [9.17, 15) is 9.59 Å². The van der Waals surface area contributed by atoms with Gasteiger partial charge in [-0.25, -0.2) is 0 Å². The van der Waals surface area contributed by atoms with E-state index in [4.69, 9.17) is 0 Å². The normalized spacial score (nSPS) is 39.9. The van der Waals surface area contributed by atoms with Gasteiger partial charge >= 0.3 is 0 Å². The summed E-state index contributed by atoms with van der Waals surface area (Å²) >= 11 is 0. The maximum atomic E-state index is 12.9. The number of imide groups is 1. The van der Waals surface area contributed by atoms with Crippen molar-refractivity contribution in [3.63, 3.8) is 0 Å².